The lowest BCUT2D eigenvalue weighted by Crippen LogP contribution is -2.36. The van der Waals surface area contributed by atoms with Crippen LogP contribution in [-0.2, 0) is 13.1 Å². The Morgan fingerprint density at radius 1 is 0.622 bits per heavy atom. The molecule has 8 nitrogen and oxygen atoms in total. The lowest BCUT2D eigenvalue weighted by atomic mass is 9.92. The number of rotatable bonds is 0. The molecule has 0 aromatic heterocycles. The van der Waals surface area contributed by atoms with Crippen LogP contribution < -0.4 is 21.3 Å². The van der Waals surface area contributed by atoms with Crippen molar-refractivity contribution in [3.05, 3.63) is 128 Å². The van der Waals surface area contributed by atoms with Gasteiger partial charge in [0.1, 0.15) is 12.0 Å². The molecule has 0 radical (unpaired) electrons. The van der Waals surface area contributed by atoms with E-state index >= 15 is 0 Å². The lowest BCUT2D eigenvalue weighted by molar-refractivity contribution is 0.0931. The summed E-state index contributed by atoms with van der Waals surface area (Å²) in [5.41, 5.74) is 3.81. The summed E-state index contributed by atoms with van der Waals surface area (Å²) in [7, 11) is 0. The standard InChI is InChI=1S/C34H31F3N4O4/c1-18-19(2)25-10-9-24(18)14-38-31(42)20-5-3-7-22(11-20)33(44)40-16-26-13-28(35)27(30(37)29(26)36)17-41-34(45)23-8-4-6-21(12-23)32(43)39-15-25/h3-13,27-28H,14-17H2,1-2H3,(H,38,42)(H,39,43)(H,40,44)(H,41,45)/t27-,28?/m1/s1. The van der Waals surface area contributed by atoms with Crippen LogP contribution in [0.25, 0.3) is 0 Å². The van der Waals surface area contributed by atoms with Gasteiger partial charge in [0.2, 0.25) is 0 Å². The second-order valence-corrected chi connectivity index (χ2v) is 11.0. The third-order valence-corrected chi connectivity index (χ3v) is 8.15. The van der Waals surface area contributed by atoms with Gasteiger partial charge in [-0.2, -0.15) is 0 Å². The van der Waals surface area contributed by atoms with Crippen molar-refractivity contribution >= 4 is 23.6 Å². The first-order valence-corrected chi connectivity index (χ1v) is 14.3. The number of carbonyl (C=O) groups excluding carboxylic acids is 4. The van der Waals surface area contributed by atoms with E-state index < -0.39 is 60.5 Å². The highest BCUT2D eigenvalue weighted by atomic mass is 19.2. The molecule has 4 N–H and O–H groups in total. The van der Waals surface area contributed by atoms with Crippen LogP contribution in [0.1, 0.15) is 63.7 Å². The first kappa shape index (κ1) is 31.2. The number of benzene rings is 3. The van der Waals surface area contributed by atoms with Gasteiger partial charge in [0.05, 0.1) is 5.92 Å². The Morgan fingerprint density at radius 3 is 1.51 bits per heavy atom. The Balaban J connectivity index is 1.44. The summed E-state index contributed by atoms with van der Waals surface area (Å²) in [6, 6.07) is 15.4. The number of carbonyl (C=O) groups is 4. The number of hydrogen-bond acceptors (Lipinski definition) is 4. The van der Waals surface area contributed by atoms with E-state index in [-0.39, 0.29) is 40.9 Å². The van der Waals surface area contributed by atoms with Crippen molar-refractivity contribution in [1.82, 2.24) is 21.3 Å². The Bertz CT molecular complexity index is 1770. The Hall–Kier alpha value is -5.19. The maximum Gasteiger partial charge on any atom is 0.251 e. The first-order valence-electron chi connectivity index (χ1n) is 14.3. The molecule has 1 unspecified atom stereocenters. The van der Waals surface area contributed by atoms with Crippen molar-refractivity contribution in [2.45, 2.75) is 33.1 Å². The molecule has 1 aliphatic carbocycles. The maximum absolute atomic E-state index is 15.0. The quantitative estimate of drug-likeness (QED) is 0.294. The molecule has 0 saturated heterocycles. The molecular formula is C34H31F3N4O4. The van der Waals surface area contributed by atoms with Gasteiger partial charge in [0.25, 0.3) is 23.6 Å². The molecule has 0 saturated carbocycles. The smallest absolute Gasteiger partial charge is 0.251 e. The van der Waals surface area contributed by atoms with Crippen LogP contribution in [0.15, 0.2) is 84.0 Å². The lowest BCUT2D eigenvalue weighted by Gasteiger charge is -2.24. The van der Waals surface area contributed by atoms with Gasteiger partial charge in [0.15, 0.2) is 5.83 Å². The van der Waals surface area contributed by atoms with Gasteiger partial charge in [-0.05, 0) is 78.6 Å². The normalized spacial score (nSPS) is 19.8. The highest BCUT2D eigenvalue weighted by Crippen LogP contribution is 2.33. The number of allylic oxidation sites excluding steroid dienone is 1. The molecule has 4 aliphatic heterocycles. The average molecular weight is 617 g/mol. The van der Waals surface area contributed by atoms with Crippen molar-refractivity contribution in [2.24, 2.45) is 5.92 Å². The molecule has 8 bridgehead atoms. The van der Waals surface area contributed by atoms with Crippen LogP contribution in [0.4, 0.5) is 13.2 Å². The average Bonchev–Trinajstić information content (AvgIpc) is 3.05. The Morgan fingerprint density at radius 2 is 1.04 bits per heavy atom. The summed E-state index contributed by atoms with van der Waals surface area (Å²) in [4.78, 5) is 51.5. The van der Waals surface area contributed by atoms with Crippen molar-refractivity contribution in [1.29, 1.82) is 0 Å². The fourth-order valence-corrected chi connectivity index (χ4v) is 5.23. The number of hydrogen-bond donors (Lipinski definition) is 4. The molecule has 45 heavy (non-hydrogen) atoms. The third kappa shape index (κ3) is 6.82. The van der Waals surface area contributed by atoms with Crippen molar-refractivity contribution in [3.8, 4) is 0 Å². The van der Waals surface area contributed by atoms with Crippen LogP contribution >= 0.6 is 0 Å². The van der Waals surface area contributed by atoms with Gasteiger partial charge >= 0.3 is 0 Å². The van der Waals surface area contributed by atoms with E-state index in [2.05, 4.69) is 21.3 Å². The fraction of sp³-hybridized carbons (Fsp3) is 0.235. The molecule has 5 aliphatic rings. The van der Waals surface area contributed by atoms with Crippen LogP contribution in [0.5, 0.6) is 0 Å². The van der Waals surface area contributed by atoms with Crippen molar-refractivity contribution in [3.63, 3.8) is 0 Å². The minimum atomic E-state index is -1.99. The minimum absolute atomic E-state index is 0.0848. The molecule has 232 valence electrons. The minimum Gasteiger partial charge on any atom is -0.351 e. The number of nitrogens with one attached hydrogen (secondary N) is 4. The van der Waals surface area contributed by atoms with Crippen LogP contribution in [0.2, 0.25) is 0 Å². The number of amides is 4. The van der Waals surface area contributed by atoms with Gasteiger partial charge in [-0.1, -0.05) is 24.3 Å². The number of alkyl halides is 1. The van der Waals surface area contributed by atoms with Crippen molar-refractivity contribution < 1.29 is 32.3 Å². The molecule has 8 rings (SSSR count). The second-order valence-electron chi connectivity index (χ2n) is 11.0. The highest BCUT2D eigenvalue weighted by Gasteiger charge is 2.34. The van der Waals surface area contributed by atoms with Crippen LogP contribution in [-0.4, -0.2) is 42.9 Å². The topological polar surface area (TPSA) is 116 Å². The molecule has 11 heteroatoms. The van der Waals surface area contributed by atoms with Gasteiger partial charge in [-0.25, -0.2) is 13.2 Å². The molecule has 3 aromatic carbocycles. The number of halogens is 3. The summed E-state index contributed by atoms with van der Waals surface area (Å²) < 4.78 is 44.8. The molecule has 4 amide bonds. The van der Waals surface area contributed by atoms with E-state index in [0.29, 0.717) is 0 Å². The molecule has 0 fully saturated rings. The monoisotopic (exact) mass is 616 g/mol. The maximum atomic E-state index is 15.0. The predicted molar refractivity (Wildman–Crippen MR) is 162 cm³/mol. The summed E-state index contributed by atoms with van der Waals surface area (Å²) in [5, 5.41) is 10.5. The highest BCUT2D eigenvalue weighted by molar-refractivity contribution is 6.00. The van der Waals surface area contributed by atoms with Gasteiger partial charge in [-0.15, -0.1) is 0 Å². The first-order chi connectivity index (χ1) is 21.5. The second kappa shape index (κ2) is 13.2. The Labute approximate surface area is 257 Å². The zero-order valence-corrected chi connectivity index (χ0v) is 24.6. The van der Waals surface area contributed by atoms with Crippen LogP contribution in [0.3, 0.4) is 0 Å². The van der Waals surface area contributed by atoms with E-state index in [1.54, 1.807) is 0 Å². The van der Waals surface area contributed by atoms with E-state index in [1.165, 1.54) is 48.5 Å². The van der Waals surface area contributed by atoms with E-state index in [1.807, 2.05) is 26.0 Å². The summed E-state index contributed by atoms with van der Waals surface area (Å²) in [6.45, 7) is 3.20. The zero-order valence-electron chi connectivity index (χ0n) is 24.6. The van der Waals surface area contributed by atoms with Crippen LogP contribution in [0, 0.1) is 19.8 Å². The predicted octanol–water partition coefficient (Wildman–Crippen LogP) is 4.68. The fourth-order valence-electron chi connectivity index (χ4n) is 5.23. The largest absolute Gasteiger partial charge is 0.351 e. The van der Waals surface area contributed by atoms with E-state index in [4.69, 9.17) is 0 Å². The van der Waals surface area contributed by atoms with Gasteiger partial charge in [0, 0.05) is 54.0 Å². The van der Waals surface area contributed by atoms with E-state index in [0.717, 1.165) is 28.3 Å². The molecule has 3 aromatic rings. The molecular weight excluding hydrogens is 585 g/mol. The van der Waals surface area contributed by atoms with Crippen molar-refractivity contribution in [2.75, 3.05) is 13.1 Å². The summed E-state index contributed by atoms with van der Waals surface area (Å²) >= 11 is 0. The van der Waals surface area contributed by atoms with Gasteiger partial charge < -0.3 is 21.3 Å². The molecule has 2 atom stereocenters. The summed E-state index contributed by atoms with van der Waals surface area (Å²) in [5.74, 6) is -6.54. The molecule has 0 spiro atoms. The van der Waals surface area contributed by atoms with E-state index in [9.17, 15) is 32.3 Å². The Kier molecular flexibility index (Phi) is 9.17. The van der Waals surface area contributed by atoms with Gasteiger partial charge in [-0.3, -0.25) is 19.2 Å². The SMILES string of the molecule is Cc1c2ccc(c1C)CNC(=O)c1cccc(c1)C(=O)NC[C@H]1C(F)=C(F)C(=CC1F)CNC(=O)c1cccc(c1)C(=O)NC2. The molecule has 4 heterocycles. The zero-order chi connectivity index (χ0) is 32.2. The third-order valence-electron chi connectivity index (χ3n) is 8.15. The summed E-state index contributed by atoms with van der Waals surface area (Å²) in [6.07, 6.45) is -1.12.